The second-order valence-corrected chi connectivity index (χ2v) is 7.59. The molecule has 0 unspecified atom stereocenters. The number of thiazole rings is 1. The second-order valence-electron chi connectivity index (χ2n) is 6.59. The largest absolute Gasteiger partial charge is 0.494 e. The molecule has 2 heterocycles. The van der Waals surface area contributed by atoms with Gasteiger partial charge in [0, 0.05) is 45.7 Å². The van der Waals surface area contributed by atoms with Gasteiger partial charge in [-0.1, -0.05) is 30.7 Å². The molecule has 1 aromatic heterocycles. The minimum Gasteiger partial charge on any atom is -0.494 e. The molecule has 0 radical (unpaired) electrons. The Balaban J connectivity index is 1.47. The van der Waals surface area contributed by atoms with E-state index in [-0.39, 0.29) is 5.91 Å². The van der Waals surface area contributed by atoms with E-state index in [1.54, 1.807) is 18.4 Å². The van der Waals surface area contributed by atoms with Crippen molar-refractivity contribution in [3.8, 4) is 5.75 Å². The first-order valence-electron chi connectivity index (χ1n) is 9.38. The Morgan fingerprint density at radius 3 is 2.85 bits per heavy atom. The molecule has 0 atom stereocenters. The Bertz CT molecular complexity index is 725. The lowest BCUT2D eigenvalue weighted by molar-refractivity contribution is -0.121. The van der Waals surface area contributed by atoms with Gasteiger partial charge in [0.05, 0.1) is 11.8 Å². The highest BCUT2D eigenvalue weighted by Crippen LogP contribution is 2.34. The summed E-state index contributed by atoms with van der Waals surface area (Å²) >= 11 is 1.72. The Hall–Kier alpha value is -1.86. The van der Waals surface area contributed by atoms with Crippen LogP contribution in [0.1, 0.15) is 26.2 Å². The average molecular weight is 377 g/mol. The second kappa shape index (κ2) is 9.19. The zero-order valence-corrected chi connectivity index (χ0v) is 16.5. The smallest absolute Gasteiger partial charge is 0.220 e. The van der Waals surface area contributed by atoms with Gasteiger partial charge in [-0.2, -0.15) is 0 Å². The molecule has 0 aliphatic carbocycles. The van der Waals surface area contributed by atoms with Crippen LogP contribution < -0.4 is 15.0 Å². The maximum absolute atomic E-state index is 11.7. The van der Waals surface area contributed by atoms with Crippen LogP contribution in [0.4, 0.5) is 5.13 Å². The van der Waals surface area contributed by atoms with Gasteiger partial charge in [-0.15, -0.1) is 0 Å². The number of carbonyl (C=O) groups is 1. The zero-order chi connectivity index (χ0) is 18.4. The highest BCUT2D eigenvalue weighted by atomic mass is 32.1. The lowest BCUT2D eigenvalue weighted by atomic mass is 10.2. The van der Waals surface area contributed by atoms with Gasteiger partial charge in [-0.05, 0) is 18.6 Å². The third-order valence-corrected chi connectivity index (χ3v) is 5.82. The summed E-state index contributed by atoms with van der Waals surface area (Å²) in [5.74, 6) is 1.01. The van der Waals surface area contributed by atoms with Gasteiger partial charge in [-0.3, -0.25) is 9.69 Å². The number of ether oxygens (including phenoxy) is 1. The van der Waals surface area contributed by atoms with Crippen LogP contribution in [0.3, 0.4) is 0 Å². The summed E-state index contributed by atoms with van der Waals surface area (Å²) in [5, 5.41) is 4.09. The van der Waals surface area contributed by atoms with Crippen LogP contribution in [-0.4, -0.2) is 62.2 Å². The van der Waals surface area contributed by atoms with Gasteiger partial charge in [-0.25, -0.2) is 4.98 Å². The fourth-order valence-corrected chi connectivity index (χ4v) is 4.19. The molecule has 1 aliphatic heterocycles. The topological polar surface area (TPSA) is 57.7 Å². The molecule has 1 saturated heterocycles. The number of fused-ring (bicyclic) bond motifs is 1. The molecule has 0 saturated carbocycles. The molecule has 7 heteroatoms. The molecule has 142 valence electrons. The van der Waals surface area contributed by atoms with E-state index >= 15 is 0 Å². The molecule has 3 rings (SSSR count). The molecule has 1 aliphatic rings. The van der Waals surface area contributed by atoms with Crippen molar-refractivity contribution in [2.45, 2.75) is 26.2 Å². The van der Waals surface area contributed by atoms with E-state index in [0.29, 0.717) is 6.42 Å². The van der Waals surface area contributed by atoms with E-state index in [4.69, 9.17) is 9.72 Å². The molecule has 26 heavy (non-hydrogen) atoms. The summed E-state index contributed by atoms with van der Waals surface area (Å²) < 4.78 is 6.58. The summed E-state index contributed by atoms with van der Waals surface area (Å²) in [4.78, 5) is 21.2. The van der Waals surface area contributed by atoms with Gasteiger partial charge >= 0.3 is 0 Å². The molecule has 6 nitrogen and oxygen atoms in total. The first-order chi connectivity index (χ1) is 12.7. The van der Waals surface area contributed by atoms with E-state index in [9.17, 15) is 4.79 Å². The van der Waals surface area contributed by atoms with Crippen molar-refractivity contribution < 1.29 is 9.53 Å². The number of methoxy groups -OCH3 is 1. The highest BCUT2D eigenvalue weighted by Gasteiger charge is 2.20. The summed E-state index contributed by atoms with van der Waals surface area (Å²) in [6.45, 7) is 7.68. The predicted molar refractivity (Wildman–Crippen MR) is 107 cm³/mol. The fraction of sp³-hybridized carbons (Fsp3) is 0.579. The van der Waals surface area contributed by atoms with Crippen LogP contribution in [0.25, 0.3) is 10.2 Å². The number of aromatic nitrogens is 1. The zero-order valence-electron chi connectivity index (χ0n) is 15.7. The third-order valence-electron chi connectivity index (χ3n) is 4.74. The molecule has 1 fully saturated rings. The minimum atomic E-state index is 0.175. The maximum atomic E-state index is 11.7. The van der Waals surface area contributed by atoms with Gasteiger partial charge < -0.3 is 15.0 Å². The Kier molecular flexibility index (Phi) is 6.68. The first kappa shape index (κ1) is 18.9. The lowest BCUT2D eigenvalue weighted by Crippen LogP contribution is -2.48. The standard InChI is InChI=1S/C19H28N4O2S/c1-3-4-8-17(24)20-9-10-22-11-13-23(14-12-22)19-21-18-15(25-2)6-5-7-16(18)26-19/h5-7H,3-4,8-14H2,1-2H3,(H,20,24). The average Bonchev–Trinajstić information content (AvgIpc) is 3.11. The van der Waals surface area contributed by atoms with Crippen LogP contribution in [-0.2, 0) is 4.79 Å². The van der Waals surface area contributed by atoms with E-state index in [1.807, 2.05) is 12.1 Å². The number of unbranched alkanes of at least 4 members (excludes halogenated alkanes) is 1. The number of piperazine rings is 1. The van der Waals surface area contributed by atoms with E-state index in [1.165, 1.54) is 0 Å². The number of rotatable bonds is 8. The Morgan fingerprint density at radius 2 is 2.12 bits per heavy atom. The van der Waals surface area contributed by atoms with Crippen molar-refractivity contribution in [1.82, 2.24) is 15.2 Å². The maximum Gasteiger partial charge on any atom is 0.220 e. The number of para-hydroxylation sites is 1. The van der Waals surface area contributed by atoms with E-state index < -0.39 is 0 Å². The molecular formula is C19H28N4O2S. The fourth-order valence-electron chi connectivity index (χ4n) is 3.15. The van der Waals surface area contributed by atoms with Crippen molar-refractivity contribution in [1.29, 1.82) is 0 Å². The number of benzene rings is 1. The summed E-state index contributed by atoms with van der Waals surface area (Å²) in [6.07, 6.45) is 2.68. The summed E-state index contributed by atoms with van der Waals surface area (Å²) in [7, 11) is 1.69. The molecule has 0 spiro atoms. The number of hydrogen-bond donors (Lipinski definition) is 1. The molecule has 0 bridgehead atoms. The van der Waals surface area contributed by atoms with Gasteiger partial charge in [0.2, 0.25) is 5.91 Å². The van der Waals surface area contributed by atoms with Gasteiger partial charge in [0.25, 0.3) is 0 Å². The third kappa shape index (κ3) is 4.65. The number of hydrogen-bond acceptors (Lipinski definition) is 6. The number of nitrogens with one attached hydrogen (secondary N) is 1. The molecule has 2 aromatic rings. The summed E-state index contributed by atoms with van der Waals surface area (Å²) in [6, 6.07) is 6.06. The molecule has 1 amide bonds. The van der Waals surface area contributed by atoms with Crippen molar-refractivity contribution in [3.05, 3.63) is 18.2 Å². The Labute approximate surface area is 159 Å². The van der Waals surface area contributed by atoms with Crippen LogP contribution >= 0.6 is 11.3 Å². The number of carbonyl (C=O) groups excluding carboxylic acids is 1. The van der Waals surface area contributed by atoms with Crippen molar-refractivity contribution in [2.75, 3.05) is 51.3 Å². The van der Waals surface area contributed by atoms with Crippen molar-refractivity contribution in [2.24, 2.45) is 0 Å². The number of amides is 1. The Morgan fingerprint density at radius 1 is 1.31 bits per heavy atom. The van der Waals surface area contributed by atoms with Crippen molar-refractivity contribution >= 4 is 32.6 Å². The molecule has 1 aromatic carbocycles. The SMILES string of the molecule is CCCCC(=O)NCCN1CCN(c2nc3c(OC)cccc3s2)CC1. The summed E-state index contributed by atoms with van der Waals surface area (Å²) in [5.41, 5.74) is 0.951. The monoisotopic (exact) mass is 376 g/mol. The van der Waals surface area contributed by atoms with Crippen LogP contribution in [0, 0.1) is 0 Å². The van der Waals surface area contributed by atoms with Gasteiger partial charge in [0.15, 0.2) is 5.13 Å². The minimum absolute atomic E-state index is 0.175. The number of anilines is 1. The predicted octanol–water partition coefficient (Wildman–Crippen LogP) is 2.73. The molecule has 1 N–H and O–H groups in total. The first-order valence-corrected chi connectivity index (χ1v) is 10.2. The lowest BCUT2D eigenvalue weighted by Gasteiger charge is -2.34. The van der Waals surface area contributed by atoms with E-state index in [2.05, 4.69) is 28.1 Å². The van der Waals surface area contributed by atoms with Crippen LogP contribution in [0.5, 0.6) is 5.75 Å². The van der Waals surface area contributed by atoms with Gasteiger partial charge in [0.1, 0.15) is 11.3 Å². The van der Waals surface area contributed by atoms with Crippen LogP contribution in [0.2, 0.25) is 0 Å². The number of nitrogens with zero attached hydrogens (tertiary/aromatic N) is 3. The normalized spacial score (nSPS) is 15.4. The van der Waals surface area contributed by atoms with E-state index in [0.717, 1.165) is 73.2 Å². The van der Waals surface area contributed by atoms with Crippen LogP contribution in [0.15, 0.2) is 18.2 Å². The highest BCUT2D eigenvalue weighted by molar-refractivity contribution is 7.22. The molecular weight excluding hydrogens is 348 g/mol. The quantitative estimate of drug-likeness (QED) is 0.768. The van der Waals surface area contributed by atoms with Crippen molar-refractivity contribution in [3.63, 3.8) is 0 Å².